The van der Waals surface area contributed by atoms with Crippen LogP contribution in [-0.2, 0) is 0 Å². The first kappa shape index (κ1) is 4.11. The molecule has 0 spiro atoms. The van der Waals surface area contributed by atoms with Crippen LogP contribution in [0.25, 0.3) is 0 Å². The fraction of sp³-hybridized carbons (Fsp3) is 0. The Morgan fingerprint density at radius 3 is 2.57 bits per heavy atom. The van der Waals surface area contributed by atoms with Gasteiger partial charge in [0.2, 0.25) is 5.88 Å². The molecule has 0 unspecified atom stereocenters. The zero-order valence-electron chi connectivity index (χ0n) is 3.59. The number of rotatable bonds is 0. The molecule has 0 aromatic carbocycles. The van der Waals surface area contributed by atoms with Crippen LogP contribution in [-0.4, -0.2) is 10.4 Å². The summed E-state index contributed by atoms with van der Waals surface area (Å²) in [4.78, 5) is 0. The average Bonchev–Trinajstić information content (AvgIpc) is 1.91. The maximum absolute atomic E-state index is 5.09. The van der Waals surface area contributed by atoms with E-state index in [1.165, 1.54) is 0 Å². The molecule has 0 bridgehead atoms. The van der Waals surface area contributed by atoms with Crippen LogP contribution >= 0.6 is 0 Å². The lowest BCUT2D eigenvalue weighted by Gasteiger charge is -1.73. The van der Waals surface area contributed by atoms with Crippen LogP contribution in [0.4, 0.5) is 5.88 Å². The SMILES string of the molecule is [CH2]c1nnoc1N. The van der Waals surface area contributed by atoms with E-state index in [2.05, 4.69) is 21.8 Å². The molecule has 0 amide bonds. The number of hydrogen-bond donors (Lipinski definition) is 1. The number of nitrogen functional groups attached to an aromatic ring is 1. The second-order valence-corrected chi connectivity index (χ2v) is 1.08. The molecular formula is C3H4N3O. The highest BCUT2D eigenvalue weighted by Gasteiger charge is 1.94. The van der Waals surface area contributed by atoms with Crippen molar-refractivity contribution in [1.82, 2.24) is 10.4 Å². The minimum atomic E-state index is 0.181. The summed E-state index contributed by atoms with van der Waals surface area (Å²) in [5.74, 6) is 0.181. The molecule has 0 aliphatic carbocycles. The van der Waals surface area contributed by atoms with E-state index in [0.29, 0.717) is 5.69 Å². The summed E-state index contributed by atoms with van der Waals surface area (Å²) >= 11 is 0. The Balaban J connectivity index is 3.12. The Labute approximate surface area is 40.3 Å². The molecule has 0 saturated carbocycles. The first-order chi connectivity index (χ1) is 3.30. The summed E-state index contributed by atoms with van der Waals surface area (Å²) in [5.41, 5.74) is 5.47. The van der Waals surface area contributed by atoms with Crippen molar-refractivity contribution in [2.75, 3.05) is 5.73 Å². The van der Waals surface area contributed by atoms with Crippen LogP contribution in [0.1, 0.15) is 5.69 Å². The van der Waals surface area contributed by atoms with E-state index in [1.54, 1.807) is 0 Å². The fourth-order valence-electron chi connectivity index (χ4n) is 0.216. The quantitative estimate of drug-likeness (QED) is 0.489. The Morgan fingerprint density at radius 1 is 1.71 bits per heavy atom. The lowest BCUT2D eigenvalue weighted by Crippen LogP contribution is -1.82. The molecule has 1 radical (unpaired) electrons. The fourth-order valence-corrected chi connectivity index (χ4v) is 0.216. The summed E-state index contributed by atoms with van der Waals surface area (Å²) in [6, 6.07) is 0. The molecule has 1 heterocycles. The van der Waals surface area contributed by atoms with Crippen LogP contribution < -0.4 is 5.73 Å². The molecule has 0 fully saturated rings. The molecule has 4 heteroatoms. The molecule has 2 N–H and O–H groups in total. The van der Waals surface area contributed by atoms with Gasteiger partial charge in [-0.25, -0.2) is 0 Å². The Bertz CT molecular complexity index is 142. The van der Waals surface area contributed by atoms with Crippen molar-refractivity contribution >= 4 is 5.88 Å². The van der Waals surface area contributed by atoms with Gasteiger partial charge in [-0.15, -0.1) is 5.10 Å². The molecule has 37 valence electrons. The zero-order valence-corrected chi connectivity index (χ0v) is 3.59. The van der Waals surface area contributed by atoms with Gasteiger partial charge in [-0.2, -0.15) is 0 Å². The number of aromatic nitrogens is 2. The molecule has 4 nitrogen and oxygen atoms in total. The molecule has 1 aromatic heterocycles. The van der Waals surface area contributed by atoms with Crippen LogP contribution in [0.15, 0.2) is 4.52 Å². The van der Waals surface area contributed by atoms with Gasteiger partial charge >= 0.3 is 0 Å². The van der Waals surface area contributed by atoms with E-state index >= 15 is 0 Å². The zero-order chi connectivity index (χ0) is 5.28. The third-order valence-electron chi connectivity index (χ3n) is 0.585. The Hall–Kier alpha value is -1.06. The Morgan fingerprint density at radius 2 is 2.43 bits per heavy atom. The number of hydrogen-bond acceptors (Lipinski definition) is 4. The van der Waals surface area contributed by atoms with Gasteiger partial charge in [0, 0.05) is 12.2 Å². The molecule has 0 aliphatic heterocycles. The van der Waals surface area contributed by atoms with Gasteiger partial charge in [0.25, 0.3) is 0 Å². The number of nitrogens with zero attached hydrogens (tertiary/aromatic N) is 2. The van der Waals surface area contributed by atoms with E-state index in [4.69, 9.17) is 5.73 Å². The summed E-state index contributed by atoms with van der Waals surface area (Å²) < 4.78 is 4.32. The van der Waals surface area contributed by atoms with Crippen LogP contribution in [0, 0.1) is 6.92 Å². The number of anilines is 1. The molecule has 0 atom stereocenters. The summed E-state index contributed by atoms with van der Waals surface area (Å²) in [6.45, 7) is 3.39. The topological polar surface area (TPSA) is 64.9 Å². The van der Waals surface area contributed by atoms with Gasteiger partial charge in [0.1, 0.15) is 5.69 Å². The first-order valence-corrected chi connectivity index (χ1v) is 1.70. The van der Waals surface area contributed by atoms with Gasteiger partial charge in [-0.1, -0.05) is 0 Å². The predicted molar refractivity (Wildman–Crippen MR) is 23.2 cm³/mol. The third kappa shape index (κ3) is 0.534. The maximum atomic E-state index is 5.09. The minimum absolute atomic E-state index is 0.181. The highest BCUT2D eigenvalue weighted by atomic mass is 16.5. The second-order valence-electron chi connectivity index (χ2n) is 1.08. The smallest absolute Gasteiger partial charge is 0.246 e. The summed E-state index contributed by atoms with van der Waals surface area (Å²) in [6.07, 6.45) is 0. The minimum Gasteiger partial charge on any atom is -0.366 e. The van der Waals surface area contributed by atoms with E-state index in [1.807, 2.05) is 0 Å². The van der Waals surface area contributed by atoms with E-state index < -0.39 is 0 Å². The highest BCUT2D eigenvalue weighted by Crippen LogP contribution is 2.00. The average molecular weight is 98.1 g/mol. The third-order valence-corrected chi connectivity index (χ3v) is 0.585. The summed E-state index contributed by atoms with van der Waals surface area (Å²) in [5, 5.41) is 6.47. The van der Waals surface area contributed by atoms with E-state index in [-0.39, 0.29) is 5.88 Å². The van der Waals surface area contributed by atoms with Crippen molar-refractivity contribution < 1.29 is 4.52 Å². The van der Waals surface area contributed by atoms with E-state index in [9.17, 15) is 0 Å². The largest absolute Gasteiger partial charge is 0.366 e. The molecular weight excluding hydrogens is 94.1 g/mol. The van der Waals surface area contributed by atoms with E-state index in [0.717, 1.165) is 0 Å². The lowest BCUT2D eigenvalue weighted by atomic mass is 10.5. The van der Waals surface area contributed by atoms with Crippen molar-refractivity contribution in [3.8, 4) is 0 Å². The Kier molecular flexibility index (Phi) is 0.714. The molecule has 1 rings (SSSR count). The molecule has 7 heavy (non-hydrogen) atoms. The lowest BCUT2D eigenvalue weighted by molar-refractivity contribution is 0.407. The van der Waals surface area contributed by atoms with Crippen LogP contribution in [0.2, 0.25) is 0 Å². The van der Waals surface area contributed by atoms with Crippen molar-refractivity contribution in [2.24, 2.45) is 0 Å². The van der Waals surface area contributed by atoms with Gasteiger partial charge < -0.3 is 10.3 Å². The van der Waals surface area contributed by atoms with Gasteiger partial charge in [0.15, 0.2) is 0 Å². The second kappa shape index (κ2) is 1.22. The van der Waals surface area contributed by atoms with Gasteiger partial charge in [-0.05, 0) is 0 Å². The molecule has 0 aliphatic rings. The predicted octanol–water partition coefficient (Wildman–Crippen LogP) is -0.166. The summed E-state index contributed by atoms with van der Waals surface area (Å²) in [7, 11) is 0. The van der Waals surface area contributed by atoms with Gasteiger partial charge in [0.05, 0.1) is 0 Å². The van der Waals surface area contributed by atoms with Crippen molar-refractivity contribution in [3.63, 3.8) is 0 Å². The molecule has 1 aromatic rings. The molecule has 0 saturated heterocycles. The van der Waals surface area contributed by atoms with Crippen molar-refractivity contribution in [1.29, 1.82) is 0 Å². The van der Waals surface area contributed by atoms with Gasteiger partial charge in [-0.3, -0.25) is 0 Å². The highest BCUT2D eigenvalue weighted by molar-refractivity contribution is 5.29. The van der Waals surface area contributed by atoms with Crippen molar-refractivity contribution in [2.45, 2.75) is 0 Å². The standard InChI is InChI=1S/C3H4N3O/c1-2-3(4)7-6-5-2/h1,4H2. The first-order valence-electron chi connectivity index (χ1n) is 1.70. The van der Waals surface area contributed by atoms with Crippen molar-refractivity contribution in [3.05, 3.63) is 12.6 Å². The number of nitrogens with two attached hydrogens (primary N) is 1. The van der Waals surface area contributed by atoms with Crippen LogP contribution in [0.5, 0.6) is 0 Å². The monoisotopic (exact) mass is 98.0 g/mol. The normalized spacial score (nSPS) is 9.29. The maximum Gasteiger partial charge on any atom is 0.246 e. The van der Waals surface area contributed by atoms with Crippen LogP contribution in [0.3, 0.4) is 0 Å².